The first-order valence-electron chi connectivity index (χ1n) is 5.91. The number of hydrogen-bond acceptors (Lipinski definition) is 5. The Hall–Kier alpha value is -2.54. The standard InChI is InChI=1S/C13H10ClN3O4/c14-9-3-1-8(2-4-9)5-11(13(18)19)12-15-6-10(7-16-12)17(20)21/h1-4,6-7,11H,5H2,(H,18,19). The van der Waals surface area contributed by atoms with Crippen LogP contribution >= 0.6 is 11.6 Å². The summed E-state index contributed by atoms with van der Waals surface area (Å²) in [6.45, 7) is 0. The number of aliphatic carboxylic acids is 1. The zero-order chi connectivity index (χ0) is 15.4. The molecule has 0 saturated carbocycles. The fourth-order valence-electron chi connectivity index (χ4n) is 1.75. The van der Waals surface area contributed by atoms with Gasteiger partial charge in [0.2, 0.25) is 0 Å². The maximum absolute atomic E-state index is 11.4. The van der Waals surface area contributed by atoms with Gasteiger partial charge in [-0.05, 0) is 24.1 Å². The first-order chi connectivity index (χ1) is 9.97. The Bertz CT molecular complexity index is 658. The van der Waals surface area contributed by atoms with Crippen molar-refractivity contribution in [3.05, 3.63) is 63.2 Å². The number of nitro groups is 1. The van der Waals surface area contributed by atoms with Crippen LogP contribution in [0.15, 0.2) is 36.7 Å². The predicted molar refractivity (Wildman–Crippen MR) is 74.2 cm³/mol. The molecule has 0 aliphatic carbocycles. The van der Waals surface area contributed by atoms with Crippen molar-refractivity contribution in [3.8, 4) is 0 Å². The minimum Gasteiger partial charge on any atom is -0.481 e. The highest BCUT2D eigenvalue weighted by atomic mass is 35.5. The molecule has 0 radical (unpaired) electrons. The summed E-state index contributed by atoms with van der Waals surface area (Å²) in [5.41, 5.74) is 0.475. The van der Waals surface area contributed by atoms with Gasteiger partial charge in [-0.25, -0.2) is 9.97 Å². The Morgan fingerprint density at radius 2 is 1.86 bits per heavy atom. The average Bonchev–Trinajstić information content (AvgIpc) is 2.46. The summed E-state index contributed by atoms with van der Waals surface area (Å²) in [4.78, 5) is 28.8. The van der Waals surface area contributed by atoms with Crippen molar-refractivity contribution >= 4 is 23.3 Å². The molecule has 0 spiro atoms. The Labute approximate surface area is 124 Å². The van der Waals surface area contributed by atoms with Crippen LogP contribution < -0.4 is 0 Å². The van der Waals surface area contributed by atoms with E-state index < -0.39 is 16.8 Å². The largest absolute Gasteiger partial charge is 0.481 e. The van der Waals surface area contributed by atoms with Crippen LogP contribution in [0.25, 0.3) is 0 Å². The van der Waals surface area contributed by atoms with Crippen molar-refractivity contribution in [3.63, 3.8) is 0 Å². The quantitative estimate of drug-likeness (QED) is 0.671. The highest BCUT2D eigenvalue weighted by Gasteiger charge is 2.24. The van der Waals surface area contributed by atoms with Crippen molar-refractivity contribution in [2.45, 2.75) is 12.3 Å². The second-order valence-corrected chi connectivity index (χ2v) is 4.71. The third kappa shape index (κ3) is 3.73. The molecule has 0 saturated heterocycles. The minimum absolute atomic E-state index is 0.0306. The molecule has 7 nitrogen and oxygen atoms in total. The van der Waals surface area contributed by atoms with Crippen LogP contribution in [0.4, 0.5) is 5.69 Å². The molecule has 1 atom stereocenters. The SMILES string of the molecule is O=C(O)C(Cc1ccc(Cl)cc1)c1ncc([N+](=O)[O-])cn1. The molecular weight excluding hydrogens is 298 g/mol. The maximum atomic E-state index is 11.4. The van der Waals surface area contributed by atoms with Crippen LogP contribution in [0.2, 0.25) is 5.02 Å². The minimum atomic E-state index is -1.10. The number of nitrogens with zero attached hydrogens (tertiary/aromatic N) is 3. The zero-order valence-electron chi connectivity index (χ0n) is 10.6. The summed E-state index contributed by atoms with van der Waals surface area (Å²) in [6.07, 6.45) is 2.17. The van der Waals surface area contributed by atoms with Gasteiger partial charge in [0.1, 0.15) is 24.1 Å². The van der Waals surface area contributed by atoms with Gasteiger partial charge in [0.15, 0.2) is 0 Å². The Morgan fingerprint density at radius 1 is 1.29 bits per heavy atom. The molecule has 0 amide bonds. The van der Waals surface area contributed by atoms with Crippen molar-refractivity contribution < 1.29 is 14.8 Å². The number of benzene rings is 1. The molecule has 2 aromatic rings. The summed E-state index contributed by atoms with van der Waals surface area (Å²) in [5, 5.41) is 20.4. The number of halogens is 1. The lowest BCUT2D eigenvalue weighted by Crippen LogP contribution is -2.17. The van der Waals surface area contributed by atoms with Gasteiger partial charge in [-0.1, -0.05) is 23.7 Å². The first kappa shape index (κ1) is 14.9. The summed E-state index contributed by atoms with van der Waals surface area (Å²) >= 11 is 5.77. The predicted octanol–water partition coefficient (Wildman–Crippen LogP) is 2.45. The van der Waals surface area contributed by atoms with Crippen LogP contribution in [-0.2, 0) is 11.2 Å². The van der Waals surface area contributed by atoms with E-state index in [9.17, 15) is 20.0 Å². The van der Waals surface area contributed by atoms with Gasteiger partial charge in [-0.3, -0.25) is 14.9 Å². The smallest absolute Gasteiger partial charge is 0.314 e. The summed E-state index contributed by atoms with van der Waals surface area (Å²) < 4.78 is 0. The van der Waals surface area contributed by atoms with E-state index >= 15 is 0 Å². The number of carbonyl (C=O) groups is 1. The highest BCUT2D eigenvalue weighted by Crippen LogP contribution is 2.20. The fraction of sp³-hybridized carbons (Fsp3) is 0.154. The Balaban J connectivity index is 2.24. The lowest BCUT2D eigenvalue weighted by molar-refractivity contribution is -0.385. The van der Waals surface area contributed by atoms with Gasteiger partial charge in [0.05, 0.1) is 4.92 Å². The van der Waals surface area contributed by atoms with E-state index in [1.54, 1.807) is 24.3 Å². The maximum Gasteiger partial charge on any atom is 0.314 e. The summed E-state index contributed by atoms with van der Waals surface area (Å²) in [6, 6.07) is 6.74. The monoisotopic (exact) mass is 307 g/mol. The molecule has 8 heteroatoms. The van der Waals surface area contributed by atoms with Gasteiger partial charge in [0.25, 0.3) is 0 Å². The number of rotatable bonds is 5. The lowest BCUT2D eigenvalue weighted by atomic mass is 9.98. The van der Waals surface area contributed by atoms with Gasteiger partial charge in [0, 0.05) is 5.02 Å². The third-order valence-electron chi connectivity index (χ3n) is 2.83. The van der Waals surface area contributed by atoms with E-state index in [2.05, 4.69) is 9.97 Å². The molecule has 0 aliphatic heterocycles. The van der Waals surface area contributed by atoms with Crippen molar-refractivity contribution in [2.24, 2.45) is 0 Å². The number of carboxylic acid groups (broad SMARTS) is 1. The number of hydrogen-bond donors (Lipinski definition) is 1. The molecule has 2 rings (SSSR count). The number of aromatic nitrogens is 2. The van der Waals surface area contributed by atoms with Crippen molar-refractivity contribution in [2.75, 3.05) is 0 Å². The zero-order valence-corrected chi connectivity index (χ0v) is 11.4. The first-order valence-corrected chi connectivity index (χ1v) is 6.28. The fourth-order valence-corrected chi connectivity index (χ4v) is 1.88. The highest BCUT2D eigenvalue weighted by molar-refractivity contribution is 6.30. The van der Waals surface area contributed by atoms with Gasteiger partial charge < -0.3 is 5.11 Å². The Morgan fingerprint density at radius 3 is 2.33 bits per heavy atom. The van der Waals surface area contributed by atoms with Crippen LogP contribution in [0.5, 0.6) is 0 Å². The normalized spacial score (nSPS) is 11.9. The van der Waals surface area contributed by atoms with Crippen LogP contribution in [0.1, 0.15) is 17.3 Å². The topological polar surface area (TPSA) is 106 Å². The van der Waals surface area contributed by atoms with E-state index in [1.807, 2.05) is 0 Å². The van der Waals surface area contributed by atoms with Gasteiger partial charge in [-0.15, -0.1) is 0 Å². The van der Waals surface area contributed by atoms with Crippen LogP contribution in [0.3, 0.4) is 0 Å². The van der Waals surface area contributed by atoms with E-state index in [1.165, 1.54) is 0 Å². The molecule has 21 heavy (non-hydrogen) atoms. The molecule has 0 fully saturated rings. The van der Waals surface area contributed by atoms with E-state index in [0.717, 1.165) is 18.0 Å². The molecule has 1 aromatic carbocycles. The molecule has 0 aliphatic rings. The average molecular weight is 308 g/mol. The Kier molecular flexibility index (Phi) is 4.44. The second-order valence-electron chi connectivity index (χ2n) is 4.28. The molecule has 1 heterocycles. The number of carboxylic acids is 1. The van der Waals surface area contributed by atoms with E-state index in [4.69, 9.17) is 11.6 Å². The molecule has 1 unspecified atom stereocenters. The third-order valence-corrected chi connectivity index (χ3v) is 3.08. The lowest BCUT2D eigenvalue weighted by Gasteiger charge is -2.10. The molecule has 0 bridgehead atoms. The summed E-state index contributed by atoms with van der Waals surface area (Å²) in [5.74, 6) is -2.05. The van der Waals surface area contributed by atoms with Crippen molar-refractivity contribution in [1.82, 2.24) is 9.97 Å². The van der Waals surface area contributed by atoms with Crippen LogP contribution in [0, 0.1) is 10.1 Å². The molecular formula is C13H10ClN3O4. The van der Waals surface area contributed by atoms with Gasteiger partial charge in [-0.2, -0.15) is 0 Å². The van der Waals surface area contributed by atoms with Gasteiger partial charge >= 0.3 is 11.7 Å². The summed E-state index contributed by atoms with van der Waals surface area (Å²) in [7, 11) is 0. The van der Waals surface area contributed by atoms with Crippen LogP contribution in [-0.4, -0.2) is 26.0 Å². The molecule has 1 N–H and O–H groups in total. The second kappa shape index (κ2) is 6.27. The molecule has 108 valence electrons. The van der Waals surface area contributed by atoms with Crippen molar-refractivity contribution in [1.29, 1.82) is 0 Å². The molecule has 1 aromatic heterocycles. The van der Waals surface area contributed by atoms with E-state index in [0.29, 0.717) is 5.02 Å². The van der Waals surface area contributed by atoms with E-state index in [-0.39, 0.29) is 17.9 Å².